The molecule has 0 saturated carbocycles. The van der Waals surface area contributed by atoms with Crippen molar-refractivity contribution < 1.29 is 32.9 Å². The number of halogens is 2. The first-order valence-corrected chi connectivity index (χ1v) is 13.5. The Labute approximate surface area is 224 Å². The Hall–Kier alpha value is -2.59. The second-order valence-electron chi connectivity index (χ2n) is 8.70. The lowest BCUT2D eigenvalue weighted by atomic mass is 9.94. The summed E-state index contributed by atoms with van der Waals surface area (Å²) in [5.41, 5.74) is 2.15. The van der Waals surface area contributed by atoms with Crippen molar-refractivity contribution in [2.75, 3.05) is 19.8 Å². The van der Waals surface area contributed by atoms with E-state index in [0.29, 0.717) is 29.2 Å². The molecule has 0 aromatic heterocycles. The molecule has 1 heterocycles. The number of alkyl carbamates (subject to hydrolysis) is 1. The van der Waals surface area contributed by atoms with Gasteiger partial charge in [0.2, 0.25) is 0 Å². The van der Waals surface area contributed by atoms with Gasteiger partial charge in [0.1, 0.15) is 18.5 Å². The SMILES string of the molecule is CCOC(=O)C1=CC2(CCC1SCc1ccc(F)cc1Cl)OC[C@H](CNC(=O)OCc1ccccc1)O2. The standard InChI is InChI=1S/C27H29ClFNO6S/c1-2-33-25(31)22-13-27(11-10-24(22)37-17-19-8-9-20(29)12-23(19)28)35-16-21(36-27)14-30-26(32)34-15-18-6-4-3-5-7-18/h3-9,12-13,21,24H,2,10-11,14-17H2,1H3,(H,30,32)/t21-,24?,27?/m0/s1. The van der Waals surface area contributed by atoms with Crippen LogP contribution in [0.5, 0.6) is 0 Å². The number of hydrogen-bond donors (Lipinski definition) is 1. The van der Waals surface area contributed by atoms with Gasteiger partial charge in [-0.2, -0.15) is 0 Å². The van der Waals surface area contributed by atoms with E-state index in [1.807, 2.05) is 30.3 Å². The molecule has 198 valence electrons. The van der Waals surface area contributed by atoms with E-state index < -0.39 is 29.8 Å². The van der Waals surface area contributed by atoms with Crippen LogP contribution in [0, 0.1) is 5.82 Å². The van der Waals surface area contributed by atoms with Crippen molar-refractivity contribution in [3.63, 3.8) is 0 Å². The highest BCUT2D eigenvalue weighted by atomic mass is 35.5. The number of hydrogen-bond acceptors (Lipinski definition) is 7. The zero-order chi connectivity index (χ0) is 26.3. The van der Waals surface area contributed by atoms with E-state index >= 15 is 0 Å². The van der Waals surface area contributed by atoms with Crippen molar-refractivity contribution in [2.24, 2.45) is 0 Å². The number of thioether (sulfide) groups is 1. The highest BCUT2D eigenvalue weighted by molar-refractivity contribution is 7.99. The van der Waals surface area contributed by atoms with Crippen LogP contribution in [0.4, 0.5) is 9.18 Å². The number of benzene rings is 2. The first-order valence-electron chi connectivity index (χ1n) is 12.1. The molecule has 1 fully saturated rings. The van der Waals surface area contributed by atoms with E-state index in [1.165, 1.54) is 23.9 Å². The lowest BCUT2D eigenvalue weighted by Gasteiger charge is -2.33. The van der Waals surface area contributed by atoms with Gasteiger partial charge in [0.15, 0.2) is 5.79 Å². The largest absolute Gasteiger partial charge is 0.463 e. The van der Waals surface area contributed by atoms with Gasteiger partial charge in [-0.3, -0.25) is 0 Å². The van der Waals surface area contributed by atoms with E-state index in [-0.39, 0.29) is 31.6 Å². The van der Waals surface area contributed by atoms with Gasteiger partial charge in [0.25, 0.3) is 0 Å². The van der Waals surface area contributed by atoms with Crippen molar-refractivity contribution in [2.45, 2.75) is 49.3 Å². The molecule has 0 bridgehead atoms. The van der Waals surface area contributed by atoms with Crippen LogP contribution in [0.1, 0.15) is 30.9 Å². The van der Waals surface area contributed by atoms with Crippen LogP contribution < -0.4 is 5.32 Å². The molecule has 0 radical (unpaired) electrons. The minimum absolute atomic E-state index is 0.164. The smallest absolute Gasteiger partial charge is 0.407 e. The highest BCUT2D eigenvalue weighted by Crippen LogP contribution is 2.41. The molecule has 1 N–H and O–H groups in total. The topological polar surface area (TPSA) is 83.1 Å². The fourth-order valence-corrected chi connectivity index (χ4v) is 5.73. The van der Waals surface area contributed by atoms with Crippen molar-refractivity contribution in [3.8, 4) is 0 Å². The molecule has 4 rings (SSSR count). The Morgan fingerprint density at radius 1 is 1.22 bits per heavy atom. The first-order chi connectivity index (χ1) is 17.9. The molecule has 2 aliphatic rings. The number of carbonyl (C=O) groups excluding carboxylic acids is 2. The number of carbonyl (C=O) groups is 2. The van der Waals surface area contributed by atoms with Crippen molar-refractivity contribution in [1.82, 2.24) is 5.32 Å². The van der Waals surface area contributed by atoms with Crippen molar-refractivity contribution in [1.29, 1.82) is 0 Å². The maximum Gasteiger partial charge on any atom is 0.407 e. The monoisotopic (exact) mass is 549 g/mol. The molecule has 2 aromatic carbocycles. The molecule has 7 nitrogen and oxygen atoms in total. The van der Waals surface area contributed by atoms with Gasteiger partial charge in [-0.1, -0.05) is 48.0 Å². The van der Waals surface area contributed by atoms with Crippen LogP contribution in [0.3, 0.4) is 0 Å². The van der Waals surface area contributed by atoms with Gasteiger partial charge in [-0.15, -0.1) is 11.8 Å². The van der Waals surface area contributed by atoms with Crippen LogP contribution in [0.25, 0.3) is 0 Å². The van der Waals surface area contributed by atoms with Crippen LogP contribution >= 0.6 is 23.4 Å². The summed E-state index contributed by atoms with van der Waals surface area (Å²) < 4.78 is 36.1. The molecule has 1 aliphatic carbocycles. The second-order valence-corrected chi connectivity index (χ2v) is 10.3. The molecular formula is C27H29ClFNO6S. The van der Waals surface area contributed by atoms with Gasteiger partial charge in [0, 0.05) is 29.0 Å². The molecule has 37 heavy (non-hydrogen) atoms. The Morgan fingerprint density at radius 2 is 2.03 bits per heavy atom. The zero-order valence-electron chi connectivity index (χ0n) is 20.4. The summed E-state index contributed by atoms with van der Waals surface area (Å²) in [6.07, 6.45) is 1.89. The third-order valence-electron chi connectivity index (χ3n) is 6.01. The average Bonchev–Trinajstić information content (AvgIpc) is 3.29. The summed E-state index contributed by atoms with van der Waals surface area (Å²) in [4.78, 5) is 24.9. The maximum atomic E-state index is 13.4. The quantitative estimate of drug-likeness (QED) is 0.419. The number of esters is 1. The predicted molar refractivity (Wildman–Crippen MR) is 139 cm³/mol. The fraction of sp³-hybridized carbons (Fsp3) is 0.407. The Balaban J connectivity index is 1.34. The second kappa shape index (κ2) is 12.8. The van der Waals surface area contributed by atoms with Crippen LogP contribution in [-0.2, 0) is 36.1 Å². The fourth-order valence-electron chi connectivity index (χ4n) is 4.16. The van der Waals surface area contributed by atoms with Gasteiger partial charge in [-0.25, -0.2) is 14.0 Å². The number of amides is 1. The third kappa shape index (κ3) is 7.47. The zero-order valence-corrected chi connectivity index (χ0v) is 22.0. The summed E-state index contributed by atoms with van der Waals surface area (Å²) in [7, 11) is 0. The lowest BCUT2D eigenvalue weighted by molar-refractivity contribution is -0.146. The summed E-state index contributed by atoms with van der Waals surface area (Å²) in [5, 5.41) is 2.89. The van der Waals surface area contributed by atoms with Gasteiger partial charge >= 0.3 is 12.1 Å². The number of nitrogens with one attached hydrogen (secondary N) is 1. The van der Waals surface area contributed by atoms with E-state index in [2.05, 4.69) is 5.32 Å². The highest BCUT2D eigenvalue weighted by Gasteiger charge is 2.45. The molecule has 3 atom stereocenters. The van der Waals surface area contributed by atoms with Gasteiger partial charge < -0.3 is 24.3 Å². The number of ether oxygens (including phenoxy) is 4. The first kappa shape index (κ1) is 27.4. The normalized spacial score (nSPS) is 22.9. The molecule has 2 unspecified atom stereocenters. The average molecular weight is 550 g/mol. The molecule has 1 amide bonds. The van der Waals surface area contributed by atoms with Gasteiger partial charge in [0.05, 0.1) is 18.8 Å². The molecule has 2 aromatic rings. The van der Waals surface area contributed by atoms with Crippen LogP contribution in [0.15, 0.2) is 60.2 Å². The van der Waals surface area contributed by atoms with Crippen molar-refractivity contribution >= 4 is 35.4 Å². The molecule has 10 heteroatoms. The summed E-state index contributed by atoms with van der Waals surface area (Å²) in [6, 6.07) is 13.7. The lowest BCUT2D eigenvalue weighted by Crippen LogP contribution is -2.39. The minimum atomic E-state index is -1.06. The number of rotatable bonds is 9. The van der Waals surface area contributed by atoms with E-state index in [1.54, 1.807) is 19.1 Å². The summed E-state index contributed by atoms with van der Waals surface area (Å²) in [6.45, 7) is 2.63. The van der Waals surface area contributed by atoms with Crippen molar-refractivity contribution in [3.05, 3.63) is 82.1 Å². The Morgan fingerprint density at radius 3 is 2.78 bits per heavy atom. The molecule has 1 aliphatic heterocycles. The summed E-state index contributed by atoms with van der Waals surface area (Å²) in [5.74, 6) is -1.38. The predicted octanol–water partition coefficient (Wildman–Crippen LogP) is 5.40. The van der Waals surface area contributed by atoms with E-state index in [9.17, 15) is 14.0 Å². The Kier molecular flexibility index (Phi) is 9.48. The maximum absolute atomic E-state index is 13.4. The van der Waals surface area contributed by atoms with E-state index in [4.69, 9.17) is 30.5 Å². The summed E-state index contributed by atoms with van der Waals surface area (Å²) >= 11 is 7.71. The molecule has 1 spiro atoms. The minimum Gasteiger partial charge on any atom is -0.463 e. The van der Waals surface area contributed by atoms with Crippen LogP contribution in [-0.4, -0.2) is 49.0 Å². The molecular weight excluding hydrogens is 521 g/mol. The molecule has 1 saturated heterocycles. The van der Waals surface area contributed by atoms with E-state index in [0.717, 1.165) is 11.1 Å². The van der Waals surface area contributed by atoms with Crippen LogP contribution in [0.2, 0.25) is 5.02 Å². The third-order valence-corrected chi connectivity index (χ3v) is 7.73. The Bertz CT molecular complexity index is 1130. The van der Waals surface area contributed by atoms with Gasteiger partial charge in [-0.05, 0) is 42.7 Å².